The highest BCUT2D eigenvalue weighted by molar-refractivity contribution is 5.72. The quantitative estimate of drug-likeness (QED) is 0.639. The fourth-order valence-corrected chi connectivity index (χ4v) is 2.49. The van der Waals surface area contributed by atoms with Crippen molar-refractivity contribution in [2.75, 3.05) is 6.61 Å². The van der Waals surface area contributed by atoms with Gasteiger partial charge in [0, 0.05) is 12.6 Å². The second-order valence-electron chi connectivity index (χ2n) is 5.18. The predicted octanol–water partition coefficient (Wildman–Crippen LogP) is 3.21. The van der Waals surface area contributed by atoms with Crippen LogP contribution in [0, 0.1) is 0 Å². The van der Waals surface area contributed by atoms with Crippen molar-refractivity contribution in [1.82, 2.24) is 5.32 Å². The Morgan fingerprint density at radius 1 is 1.35 bits per heavy atom. The maximum atomic E-state index is 11.4. The molecule has 0 fully saturated rings. The lowest BCUT2D eigenvalue weighted by Gasteiger charge is -2.23. The first-order chi connectivity index (χ1) is 9.78. The van der Waals surface area contributed by atoms with Crippen LogP contribution in [0.2, 0.25) is 0 Å². The number of carbonyl (C=O) groups excluding carboxylic acids is 1. The molecule has 1 aliphatic carbocycles. The van der Waals surface area contributed by atoms with E-state index in [0.29, 0.717) is 19.1 Å². The Labute approximate surface area is 121 Å². The van der Waals surface area contributed by atoms with Crippen LogP contribution in [0.3, 0.4) is 0 Å². The zero-order chi connectivity index (χ0) is 14.2. The summed E-state index contributed by atoms with van der Waals surface area (Å²) in [4.78, 5) is 11.4. The molecule has 1 aromatic carbocycles. The third-order valence-corrected chi connectivity index (χ3v) is 3.62. The van der Waals surface area contributed by atoms with Crippen molar-refractivity contribution in [3.63, 3.8) is 0 Å². The molecular weight excluding hydrogens is 250 g/mol. The van der Waals surface area contributed by atoms with Gasteiger partial charge in [-0.05, 0) is 31.7 Å². The van der Waals surface area contributed by atoms with Crippen molar-refractivity contribution in [2.45, 2.75) is 45.2 Å². The monoisotopic (exact) mass is 273 g/mol. The average Bonchev–Trinajstić information content (AvgIpc) is 2.48. The van der Waals surface area contributed by atoms with Crippen molar-refractivity contribution in [2.24, 2.45) is 0 Å². The molecule has 108 valence electrons. The predicted molar refractivity (Wildman–Crippen MR) is 80.3 cm³/mol. The van der Waals surface area contributed by atoms with Crippen LogP contribution in [0.25, 0.3) is 0 Å². The average molecular weight is 273 g/mol. The van der Waals surface area contributed by atoms with Gasteiger partial charge in [0.1, 0.15) is 0 Å². The second kappa shape index (κ2) is 7.85. The minimum Gasteiger partial charge on any atom is -0.466 e. The molecule has 0 aliphatic heterocycles. The first-order valence-corrected chi connectivity index (χ1v) is 7.38. The van der Waals surface area contributed by atoms with E-state index in [0.717, 1.165) is 25.8 Å². The minimum atomic E-state index is -0.102. The van der Waals surface area contributed by atoms with Gasteiger partial charge in [0.15, 0.2) is 0 Å². The Balaban J connectivity index is 1.73. The van der Waals surface area contributed by atoms with Gasteiger partial charge in [0.05, 0.1) is 13.0 Å². The summed E-state index contributed by atoms with van der Waals surface area (Å²) in [7, 11) is 0. The molecule has 0 radical (unpaired) electrons. The lowest BCUT2D eigenvalue weighted by Crippen LogP contribution is -2.30. The van der Waals surface area contributed by atoms with Gasteiger partial charge < -0.3 is 10.1 Å². The van der Waals surface area contributed by atoms with Crippen LogP contribution in [0.15, 0.2) is 42.0 Å². The highest BCUT2D eigenvalue weighted by Crippen LogP contribution is 2.21. The molecule has 1 aliphatic rings. The lowest BCUT2D eigenvalue weighted by molar-refractivity contribution is -0.142. The molecule has 1 unspecified atom stereocenters. The van der Waals surface area contributed by atoms with Gasteiger partial charge in [-0.3, -0.25) is 4.79 Å². The summed E-state index contributed by atoms with van der Waals surface area (Å²) in [5.41, 5.74) is 2.54. The number of ether oxygens (including phenoxy) is 1. The Morgan fingerprint density at radius 2 is 2.15 bits per heavy atom. The van der Waals surface area contributed by atoms with Gasteiger partial charge in [-0.15, -0.1) is 0 Å². The maximum absolute atomic E-state index is 11.4. The van der Waals surface area contributed by atoms with E-state index in [9.17, 15) is 4.79 Å². The standard InChI is InChI=1S/C17H23NO2/c1-2-20-17(19)12-14-8-10-16(11-9-14)18-13-15-6-4-3-5-7-15/h3-8,16,18H,2,9-13H2,1H3. The zero-order valence-electron chi connectivity index (χ0n) is 12.1. The molecule has 1 atom stereocenters. The molecule has 0 saturated carbocycles. The van der Waals surface area contributed by atoms with E-state index in [1.54, 1.807) is 0 Å². The molecule has 1 N–H and O–H groups in total. The van der Waals surface area contributed by atoms with Gasteiger partial charge in [-0.25, -0.2) is 0 Å². The molecule has 0 saturated heterocycles. The molecule has 0 aromatic heterocycles. The van der Waals surface area contributed by atoms with Gasteiger partial charge in [0.2, 0.25) is 0 Å². The van der Waals surface area contributed by atoms with Gasteiger partial charge in [0.25, 0.3) is 0 Å². The number of rotatable bonds is 6. The number of carbonyl (C=O) groups is 1. The molecule has 0 spiro atoms. The van der Waals surface area contributed by atoms with Crippen molar-refractivity contribution in [3.05, 3.63) is 47.5 Å². The zero-order valence-corrected chi connectivity index (χ0v) is 12.1. The Bertz CT molecular complexity index is 453. The van der Waals surface area contributed by atoms with Crippen LogP contribution in [-0.2, 0) is 16.1 Å². The van der Waals surface area contributed by atoms with E-state index in [2.05, 4.69) is 35.7 Å². The fourth-order valence-electron chi connectivity index (χ4n) is 2.49. The summed E-state index contributed by atoms with van der Waals surface area (Å²) < 4.78 is 4.98. The van der Waals surface area contributed by atoms with E-state index >= 15 is 0 Å². The third kappa shape index (κ3) is 4.82. The number of nitrogens with one attached hydrogen (secondary N) is 1. The second-order valence-corrected chi connectivity index (χ2v) is 5.18. The smallest absolute Gasteiger partial charge is 0.309 e. The van der Waals surface area contributed by atoms with Gasteiger partial charge >= 0.3 is 5.97 Å². The van der Waals surface area contributed by atoms with Crippen LogP contribution in [0.5, 0.6) is 0 Å². The van der Waals surface area contributed by atoms with Gasteiger partial charge in [-0.2, -0.15) is 0 Å². The summed E-state index contributed by atoms with van der Waals surface area (Å²) in [6.45, 7) is 3.22. The molecule has 20 heavy (non-hydrogen) atoms. The molecular formula is C17H23NO2. The van der Waals surface area contributed by atoms with E-state index < -0.39 is 0 Å². The van der Waals surface area contributed by atoms with E-state index in [-0.39, 0.29) is 5.97 Å². The number of hydrogen-bond donors (Lipinski definition) is 1. The van der Waals surface area contributed by atoms with Crippen LogP contribution in [0.1, 0.15) is 38.2 Å². The SMILES string of the molecule is CCOC(=O)CC1=CCC(NCc2ccccc2)CC1. The van der Waals surface area contributed by atoms with E-state index in [1.807, 2.05) is 13.0 Å². The van der Waals surface area contributed by atoms with E-state index in [4.69, 9.17) is 4.74 Å². The van der Waals surface area contributed by atoms with Crippen LogP contribution in [0.4, 0.5) is 0 Å². The summed E-state index contributed by atoms with van der Waals surface area (Å²) >= 11 is 0. The Hall–Kier alpha value is -1.61. The van der Waals surface area contributed by atoms with Crippen LogP contribution < -0.4 is 5.32 Å². The molecule has 1 aromatic rings. The summed E-state index contributed by atoms with van der Waals surface area (Å²) in [5, 5.41) is 3.58. The number of esters is 1. The Morgan fingerprint density at radius 3 is 2.80 bits per heavy atom. The van der Waals surface area contributed by atoms with Crippen molar-refractivity contribution < 1.29 is 9.53 Å². The van der Waals surface area contributed by atoms with Crippen molar-refractivity contribution in [1.29, 1.82) is 0 Å². The first kappa shape index (κ1) is 14.8. The molecule has 3 nitrogen and oxygen atoms in total. The topological polar surface area (TPSA) is 38.3 Å². The highest BCUT2D eigenvalue weighted by Gasteiger charge is 2.16. The molecule has 3 heteroatoms. The maximum Gasteiger partial charge on any atom is 0.309 e. The Kier molecular flexibility index (Phi) is 5.81. The largest absolute Gasteiger partial charge is 0.466 e. The van der Waals surface area contributed by atoms with Gasteiger partial charge in [-0.1, -0.05) is 42.0 Å². The van der Waals surface area contributed by atoms with Crippen molar-refractivity contribution in [3.8, 4) is 0 Å². The normalized spacial score (nSPS) is 18.4. The van der Waals surface area contributed by atoms with Crippen molar-refractivity contribution >= 4 is 5.97 Å². The number of hydrogen-bond acceptors (Lipinski definition) is 3. The minimum absolute atomic E-state index is 0.102. The molecule has 0 bridgehead atoms. The highest BCUT2D eigenvalue weighted by atomic mass is 16.5. The van der Waals surface area contributed by atoms with Crippen LogP contribution in [-0.4, -0.2) is 18.6 Å². The number of benzene rings is 1. The fraction of sp³-hybridized carbons (Fsp3) is 0.471. The summed E-state index contributed by atoms with van der Waals surface area (Å²) in [6, 6.07) is 11.0. The van der Waals surface area contributed by atoms with Crippen LogP contribution >= 0.6 is 0 Å². The summed E-state index contributed by atoms with van der Waals surface area (Å²) in [5.74, 6) is -0.102. The molecule has 0 amide bonds. The third-order valence-electron chi connectivity index (χ3n) is 3.62. The van der Waals surface area contributed by atoms with E-state index in [1.165, 1.54) is 11.1 Å². The molecule has 0 heterocycles. The molecule has 2 rings (SSSR count). The summed E-state index contributed by atoms with van der Waals surface area (Å²) in [6.07, 6.45) is 5.74. The first-order valence-electron chi connectivity index (χ1n) is 7.38. The lowest BCUT2D eigenvalue weighted by atomic mass is 9.93.